The lowest BCUT2D eigenvalue weighted by Gasteiger charge is -2.36. The molecule has 0 spiro atoms. The van der Waals surface area contributed by atoms with Crippen LogP contribution in [0.25, 0.3) is 0 Å². The van der Waals surface area contributed by atoms with E-state index >= 15 is 0 Å². The summed E-state index contributed by atoms with van der Waals surface area (Å²) in [5.74, 6) is 0.219. The number of piperidine rings is 1. The van der Waals surface area contributed by atoms with E-state index in [1.54, 1.807) is 0 Å². The monoisotopic (exact) mass is 241 g/mol. The van der Waals surface area contributed by atoms with Gasteiger partial charge in [-0.15, -0.1) is 0 Å². The minimum atomic E-state index is -0.578. The lowest BCUT2D eigenvalue weighted by molar-refractivity contribution is -0.135. The maximum absolute atomic E-state index is 12.0. The highest BCUT2D eigenvalue weighted by Gasteiger charge is 2.29. The van der Waals surface area contributed by atoms with Gasteiger partial charge in [0.15, 0.2) is 0 Å². The fourth-order valence-electron chi connectivity index (χ4n) is 2.55. The van der Waals surface area contributed by atoms with E-state index in [4.69, 9.17) is 4.74 Å². The van der Waals surface area contributed by atoms with Crippen molar-refractivity contribution in [3.05, 3.63) is 0 Å². The van der Waals surface area contributed by atoms with Gasteiger partial charge in [-0.1, -0.05) is 0 Å². The van der Waals surface area contributed by atoms with E-state index < -0.39 is 5.60 Å². The molecule has 1 unspecified atom stereocenters. The van der Waals surface area contributed by atoms with Crippen molar-refractivity contribution in [3.63, 3.8) is 0 Å². The largest absolute Gasteiger partial charge is 0.390 e. The van der Waals surface area contributed by atoms with Gasteiger partial charge in [0.05, 0.1) is 11.7 Å². The van der Waals surface area contributed by atoms with Crippen LogP contribution >= 0.6 is 0 Å². The van der Waals surface area contributed by atoms with Crippen molar-refractivity contribution in [1.82, 2.24) is 4.90 Å². The summed E-state index contributed by atoms with van der Waals surface area (Å²) in [6, 6.07) is 0. The molecule has 0 bridgehead atoms. The molecule has 1 atom stereocenters. The fraction of sp³-hybridized carbons (Fsp3) is 0.923. The van der Waals surface area contributed by atoms with Crippen LogP contribution < -0.4 is 0 Å². The number of amides is 1. The Morgan fingerprint density at radius 2 is 2.18 bits per heavy atom. The first kappa shape index (κ1) is 12.8. The molecule has 17 heavy (non-hydrogen) atoms. The van der Waals surface area contributed by atoms with E-state index in [0.717, 1.165) is 25.9 Å². The van der Waals surface area contributed by atoms with Crippen LogP contribution in [0, 0.1) is 0 Å². The second-order valence-corrected chi connectivity index (χ2v) is 5.55. The third kappa shape index (κ3) is 3.68. The molecule has 0 aromatic rings. The molecule has 4 heteroatoms. The molecule has 2 aliphatic rings. The lowest BCUT2D eigenvalue weighted by Crippen LogP contribution is -2.45. The normalized spacial score (nSPS) is 28.4. The zero-order valence-electron chi connectivity index (χ0n) is 10.7. The Morgan fingerprint density at radius 3 is 2.76 bits per heavy atom. The van der Waals surface area contributed by atoms with Crippen LogP contribution in [-0.2, 0) is 9.53 Å². The van der Waals surface area contributed by atoms with E-state index in [0.29, 0.717) is 38.5 Å². The van der Waals surface area contributed by atoms with Crippen LogP contribution in [0.4, 0.5) is 0 Å². The quantitative estimate of drug-likeness (QED) is 0.810. The number of ether oxygens (including phenoxy) is 1. The topological polar surface area (TPSA) is 49.8 Å². The second kappa shape index (κ2) is 5.36. The van der Waals surface area contributed by atoms with Crippen molar-refractivity contribution in [2.75, 3.05) is 19.7 Å². The number of aliphatic hydroxyl groups is 1. The molecule has 0 aliphatic carbocycles. The number of rotatable bonds is 3. The van der Waals surface area contributed by atoms with Crippen molar-refractivity contribution in [1.29, 1.82) is 0 Å². The Hall–Kier alpha value is -0.610. The molecule has 2 fully saturated rings. The van der Waals surface area contributed by atoms with Crippen molar-refractivity contribution < 1.29 is 14.6 Å². The summed E-state index contributed by atoms with van der Waals surface area (Å²) in [7, 11) is 0. The Balaban J connectivity index is 1.69. The molecular weight excluding hydrogens is 218 g/mol. The van der Waals surface area contributed by atoms with Gasteiger partial charge in [-0.05, 0) is 39.0 Å². The zero-order valence-corrected chi connectivity index (χ0v) is 10.7. The van der Waals surface area contributed by atoms with Gasteiger partial charge in [0.1, 0.15) is 0 Å². The van der Waals surface area contributed by atoms with Gasteiger partial charge < -0.3 is 14.7 Å². The van der Waals surface area contributed by atoms with Crippen LogP contribution in [0.3, 0.4) is 0 Å². The SMILES string of the molecule is CC1(O)CCN(C(=O)CCC2CCCO2)CC1. The Labute approximate surface area is 103 Å². The first-order valence-electron chi connectivity index (χ1n) is 6.69. The Kier molecular flexibility index (Phi) is 4.05. The molecule has 0 radical (unpaired) electrons. The predicted octanol–water partition coefficient (Wildman–Crippen LogP) is 1.32. The molecule has 98 valence electrons. The zero-order chi connectivity index (χ0) is 12.3. The van der Waals surface area contributed by atoms with Gasteiger partial charge in [0.25, 0.3) is 0 Å². The van der Waals surface area contributed by atoms with Crippen molar-refractivity contribution >= 4 is 5.91 Å². The summed E-state index contributed by atoms with van der Waals surface area (Å²) >= 11 is 0. The average molecular weight is 241 g/mol. The minimum absolute atomic E-state index is 0.219. The van der Waals surface area contributed by atoms with E-state index in [1.165, 1.54) is 0 Å². The molecular formula is C13H23NO3. The molecule has 1 N–H and O–H groups in total. The number of likely N-dealkylation sites (tertiary alicyclic amines) is 1. The van der Waals surface area contributed by atoms with Crippen LogP contribution in [0.15, 0.2) is 0 Å². The molecule has 0 aromatic carbocycles. The highest BCUT2D eigenvalue weighted by Crippen LogP contribution is 2.23. The molecule has 2 heterocycles. The average Bonchev–Trinajstić information content (AvgIpc) is 2.78. The third-order valence-electron chi connectivity index (χ3n) is 3.90. The molecule has 4 nitrogen and oxygen atoms in total. The summed E-state index contributed by atoms with van der Waals surface area (Å²) < 4.78 is 5.51. The third-order valence-corrected chi connectivity index (χ3v) is 3.90. The van der Waals surface area contributed by atoms with Gasteiger partial charge in [0, 0.05) is 26.1 Å². The van der Waals surface area contributed by atoms with E-state index in [2.05, 4.69) is 0 Å². The summed E-state index contributed by atoms with van der Waals surface area (Å²) in [5.41, 5.74) is -0.578. The standard InChI is InChI=1S/C13H23NO3/c1-13(16)6-8-14(9-7-13)12(15)5-4-11-3-2-10-17-11/h11,16H,2-10H2,1H3. The summed E-state index contributed by atoms with van der Waals surface area (Å²) in [4.78, 5) is 13.8. The highest BCUT2D eigenvalue weighted by molar-refractivity contribution is 5.76. The number of carbonyl (C=O) groups is 1. The molecule has 2 saturated heterocycles. The maximum atomic E-state index is 12.0. The Bertz CT molecular complexity index is 262. The van der Waals surface area contributed by atoms with E-state index in [9.17, 15) is 9.90 Å². The number of hydrogen-bond donors (Lipinski definition) is 1. The lowest BCUT2D eigenvalue weighted by atomic mass is 9.93. The molecule has 0 aromatic heterocycles. The summed E-state index contributed by atoms with van der Waals surface area (Å²) in [5, 5.41) is 9.82. The van der Waals surface area contributed by atoms with E-state index in [1.807, 2.05) is 11.8 Å². The Morgan fingerprint density at radius 1 is 1.47 bits per heavy atom. The van der Waals surface area contributed by atoms with Gasteiger partial charge in [0.2, 0.25) is 5.91 Å². The van der Waals surface area contributed by atoms with Gasteiger partial charge >= 0.3 is 0 Å². The van der Waals surface area contributed by atoms with Crippen LogP contribution in [-0.4, -0.2) is 47.3 Å². The van der Waals surface area contributed by atoms with Crippen LogP contribution in [0.1, 0.15) is 45.4 Å². The number of carbonyl (C=O) groups excluding carboxylic acids is 1. The molecule has 1 amide bonds. The highest BCUT2D eigenvalue weighted by atomic mass is 16.5. The number of nitrogens with zero attached hydrogens (tertiary/aromatic N) is 1. The summed E-state index contributed by atoms with van der Waals surface area (Å²) in [6.45, 7) is 4.08. The smallest absolute Gasteiger partial charge is 0.222 e. The first-order valence-corrected chi connectivity index (χ1v) is 6.69. The van der Waals surface area contributed by atoms with Crippen LogP contribution in [0.2, 0.25) is 0 Å². The van der Waals surface area contributed by atoms with Crippen LogP contribution in [0.5, 0.6) is 0 Å². The predicted molar refractivity (Wildman–Crippen MR) is 64.6 cm³/mol. The van der Waals surface area contributed by atoms with Crippen molar-refractivity contribution in [3.8, 4) is 0 Å². The first-order chi connectivity index (χ1) is 8.07. The van der Waals surface area contributed by atoms with Gasteiger partial charge in [-0.3, -0.25) is 4.79 Å². The van der Waals surface area contributed by atoms with Gasteiger partial charge in [-0.25, -0.2) is 0 Å². The van der Waals surface area contributed by atoms with Crippen molar-refractivity contribution in [2.24, 2.45) is 0 Å². The van der Waals surface area contributed by atoms with E-state index in [-0.39, 0.29) is 5.91 Å². The number of hydrogen-bond acceptors (Lipinski definition) is 3. The summed E-state index contributed by atoms with van der Waals surface area (Å²) in [6.07, 6.45) is 5.36. The minimum Gasteiger partial charge on any atom is -0.390 e. The van der Waals surface area contributed by atoms with Crippen molar-refractivity contribution in [2.45, 2.75) is 57.2 Å². The molecule has 2 aliphatic heterocycles. The fourth-order valence-corrected chi connectivity index (χ4v) is 2.55. The molecule has 2 rings (SSSR count). The maximum Gasteiger partial charge on any atom is 0.222 e. The molecule has 0 saturated carbocycles. The van der Waals surface area contributed by atoms with Gasteiger partial charge in [-0.2, -0.15) is 0 Å². The second-order valence-electron chi connectivity index (χ2n) is 5.55.